The number of nitrogens with one attached hydrogen (secondary N) is 1. The van der Waals surface area contributed by atoms with Gasteiger partial charge in [-0.1, -0.05) is 41.9 Å². The van der Waals surface area contributed by atoms with Gasteiger partial charge >= 0.3 is 0 Å². The Kier molecular flexibility index (Phi) is 6.00. The number of benzene rings is 1. The highest BCUT2D eigenvalue weighted by atomic mass is 79.9. The first-order valence-corrected chi connectivity index (χ1v) is 8.55. The molecule has 5 heteroatoms. The van der Waals surface area contributed by atoms with E-state index in [-0.39, 0.29) is 17.7 Å². The van der Waals surface area contributed by atoms with Crippen molar-refractivity contribution in [1.82, 2.24) is 10.2 Å². The van der Waals surface area contributed by atoms with Crippen molar-refractivity contribution in [3.63, 3.8) is 0 Å². The second kappa shape index (κ2) is 7.77. The normalized spacial score (nSPS) is 18.1. The van der Waals surface area contributed by atoms with Crippen molar-refractivity contribution in [3.8, 4) is 0 Å². The van der Waals surface area contributed by atoms with Gasteiger partial charge in [-0.15, -0.1) is 0 Å². The van der Waals surface area contributed by atoms with Crippen molar-refractivity contribution in [2.45, 2.75) is 33.2 Å². The lowest BCUT2D eigenvalue weighted by Crippen LogP contribution is -2.33. The third-order valence-corrected chi connectivity index (χ3v) is 4.36. The standard InChI is InChI=1S/C17H23BrN2O2/c1-12(2)6-7-19-17(22)14-9-16(21)20(11-14)10-13-4-3-5-15(18)8-13/h3-5,8,12,14H,6-7,9-11H2,1-2H3,(H,19,22). The van der Waals surface area contributed by atoms with Crippen LogP contribution in [-0.2, 0) is 16.1 Å². The number of carbonyl (C=O) groups is 2. The van der Waals surface area contributed by atoms with Crippen LogP contribution in [0, 0.1) is 11.8 Å². The van der Waals surface area contributed by atoms with Gasteiger partial charge in [0.1, 0.15) is 0 Å². The van der Waals surface area contributed by atoms with Gasteiger partial charge in [0, 0.05) is 30.5 Å². The van der Waals surface area contributed by atoms with Crippen LogP contribution < -0.4 is 5.32 Å². The molecule has 2 amide bonds. The topological polar surface area (TPSA) is 49.4 Å². The third kappa shape index (κ3) is 4.83. The Morgan fingerprint density at radius 2 is 2.23 bits per heavy atom. The summed E-state index contributed by atoms with van der Waals surface area (Å²) < 4.78 is 1.000. The molecule has 4 nitrogen and oxygen atoms in total. The Morgan fingerprint density at radius 1 is 1.45 bits per heavy atom. The largest absolute Gasteiger partial charge is 0.356 e. The van der Waals surface area contributed by atoms with Crippen molar-refractivity contribution in [3.05, 3.63) is 34.3 Å². The number of amides is 2. The average Bonchev–Trinajstić information content (AvgIpc) is 2.80. The molecule has 1 aromatic carbocycles. The number of hydrogen-bond acceptors (Lipinski definition) is 2. The molecule has 0 saturated carbocycles. The Labute approximate surface area is 140 Å². The summed E-state index contributed by atoms with van der Waals surface area (Å²) in [6, 6.07) is 7.91. The van der Waals surface area contributed by atoms with Crippen LogP contribution in [0.3, 0.4) is 0 Å². The van der Waals surface area contributed by atoms with Gasteiger partial charge in [-0.05, 0) is 30.0 Å². The monoisotopic (exact) mass is 366 g/mol. The quantitative estimate of drug-likeness (QED) is 0.841. The molecule has 1 aromatic rings. The fourth-order valence-corrected chi connectivity index (χ4v) is 3.03. The van der Waals surface area contributed by atoms with Crippen molar-refractivity contribution >= 4 is 27.7 Å². The summed E-state index contributed by atoms with van der Waals surface area (Å²) in [6.07, 6.45) is 1.29. The van der Waals surface area contributed by atoms with Gasteiger partial charge in [0.2, 0.25) is 11.8 Å². The maximum Gasteiger partial charge on any atom is 0.225 e. The zero-order valence-corrected chi connectivity index (χ0v) is 14.7. The molecule has 0 spiro atoms. The number of nitrogens with zero attached hydrogens (tertiary/aromatic N) is 1. The predicted octanol–water partition coefficient (Wildman–Crippen LogP) is 2.96. The predicted molar refractivity (Wildman–Crippen MR) is 90.1 cm³/mol. The lowest BCUT2D eigenvalue weighted by atomic mass is 10.1. The highest BCUT2D eigenvalue weighted by Gasteiger charge is 2.33. The molecule has 1 saturated heterocycles. The summed E-state index contributed by atoms with van der Waals surface area (Å²) in [6.45, 7) is 6.02. The molecule has 0 aromatic heterocycles. The minimum Gasteiger partial charge on any atom is -0.356 e. The molecule has 22 heavy (non-hydrogen) atoms. The molecule has 1 aliphatic rings. The van der Waals surface area contributed by atoms with Crippen LogP contribution in [-0.4, -0.2) is 29.8 Å². The van der Waals surface area contributed by atoms with Crippen LogP contribution in [0.15, 0.2) is 28.7 Å². The van der Waals surface area contributed by atoms with Crippen LogP contribution in [0.1, 0.15) is 32.3 Å². The summed E-state index contributed by atoms with van der Waals surface area (Å²) in [7, 11) is 0. The van der Waals surface area contributed by atoms with Crippen LogP contribution in [0.5, 0.6) is 0 Å². The van der Waals surface area contributed by atoms with Crippen LogP contribution in [0.4, 0.5) is 0 Å². The minimum atomic E-state index is -0.216. The Morgan fingerprint density at radius 3 is 2.91 bits per heavy atom. The molecule has 0 aliphatic carbocycles. The SMILES string of the molecule is CC(C)CCNC(=O)C1CC(=O)N(Cc2cccc(Br)c2)C1. The van der Waals surface area contributed by atoms with E-state index in [2.05, 4.69) is 35.1 Å². The molecule has 1 N–H and O–H groups in total. The van der Waals surface area contributed by atoms with Gasteiger partial charge in [0.05, 0.1) is 5.92 Å². The second-order valence-electron chi connectivity index (χ2n) is 6.28. The summed E-state index contributed by atoms with van der Waals surface area (Å²) in [5.74, 6) is 0.417. The van der Waals surface area contributed by atoms with E-state index in [1.165, 1.54) is 0 Å². The zero-order valence-electron chi connectivity index (χ0n) is 13.1. The maximum atomic E-state index is 12.1. The van der Waals surface area contributed by atoms with Gasteiger partial charge in [-0.3, -0.25) is 9.59 Å². The lowest BCUT2D eigenvalue weighted by Gasteiger charge is -2.17. The van der Waals surface area contributed by atoms with E-state index in [0.29, 0.717) is 32.0 Å². The molecule has 0 bridgehead atoms. The van der Waals surface area contributed by atoms with Crippen molar-refractivity contribution in [1.29, 1.82) is 0 Å². The second-order valence-corrected chi connectivity index (χ2v) is 7.19. The Hall–Kier alpha value is -1.36. The highest BCUT2D eigenvalue weighted by Crippen LogP contribution is 2.21. The number of hydrogen-bond donors (Lipinski definition) is 1. The molecule has 1 heterocycles. The number of rotatable bonds is 6. The summed E-state index contributed by atoms with van der Waals surface area (Å²) in [4.78, 5) is 26.0. The third-order valence-electron chi connectivity index (χ3n) is 3.87. The molecule has 1 fully saturated rings. The molecular formula is C17H23BrN2O2. The molecular weight excluding hydrogens is 344 g/mol. The van der Waals surface area contributed by atoms with E-state index >= 15 is 0 Å². The molecule has 120 valence electrons. The molecule has 2 rings (SSSR count). The van der Waals surface area contributed by atoms with Gasteiger partial charge in [-0.25, -0.2) is 0 Å². The first-order valence-electron chi connectivity index (χ1n) is 7.75. The van der Waals surface area contributed by atoms with Crippen LogP contribution in [0.25, 0.3) is 0 Å². The Balaban J connectivity index is 1.86. The summed E-state index contributed by atoms with van der Waals surface area (Å²) >= 11 is 3.43. The van der Waals surface area contributed by atoms with Gasteiger partial charge in [0.15, 0.2) is 0 Å². The first-order chi connectivity index (χ1) is 10.5. The number of likely N-dealkylation sites (tertiary alicyclic amines) is 1. The van der Waals surface area contributed by atoms with Crippen LogP contribution >= 0.6 is 15.9 Å². The van der Waals surface area contributed by atoms with E-state index in [1.54, 1.807) is 4.90 Å². The fraction of sp³-hybridized carbons (Fsp3) is 0.529. The first kappa shape index (κ1) is 17.0. The number of carbonyl (C=O) groups excluding carboxylic acids is 2. The van der Waals surface area contributed by atoms with Crippen molar-refractivity contribution in [2.75, 3.05) is 13.1 Å². The molecule has 1 unspecified atom stereocenters. The van der Waals surface area contributed by atoms with Gasteiger partial charge < -0.3 is 10.2 Å². The van der Waals surface area contributed by atoms with E-state index in [9.17, 15) is 9.59 Å². The number of halogens is 1. The van der Waals surface area contributed by atoms with Crippen molar-refractivity contribution in [2.24, 2.45) is 11.8 Å². The minimum absolute atomic E-state index is 0.00532. The van der Waals surface area contributed by atoms with E-state index in [1.807, 2.05) is 24.3 Å². The van der Waals surface area contributed by atoms with Gasteiger partial charge in [-0.2, -0.15) is 0 Å². The van der Waals surface area contributed by atoms with E-state index in [0.717, 1.165) is 16.5 Å². The average molecular weight is 367 g/mol. The fourth-order valence-electron chi connectivity index (χ4n) is 2.58. The summed E-state index contributed by atoms with van der Waals surface area (Å²) in [5.41, 5.74) is 1.07. The molecule has 0 radical (unpaired) electrons. The smallest absolute Gasteiger partial charge is 0.225 e. The van der Waals surface area contributed by atoms with Crippen molar-refractivity contribution < 1.29 is 9.59 Å². The zero-order chi connectivity index (χ0) is 16.1. The highest BCUT2D eigenvalue weighted by molar-refractivity contribution is 9.10. The van der Waals surface area contributed by atoms with Gasteiger partial charge in [0.25, 0.3) is 0 Å². The van der Waals surface area contributed by atoms with E-state index in [4.69, 9.17) is 0 Å². The van der Waals surface area contributed by atoms with Crippen LogP contribution in [0.2, 0.25) is 0 Å². The summed E-state index contributed by atoms with van der Waals surface area (Å²) in [5, 5.41) is 2.94. The van der Waals surface area contributed by atoms with E-state index < -0.39 is 0 Å². The molecule has 1 aliphatic heterocycles. The maximum absolute atomic E-state index is 12.1. The lowest BCUT2D eigenvalue weighted by molar-refractivity contribution is -0.129. The molecule has 1 atom stereocenters. The Bertz CT molecular complexity index is 545.